The topological polar surface area (TPSA) is 41.6 Å². The van der Waals surface area contributed by atoms with Gasteiger partial charge in [-0.1, -0.05) is 0 Å². The summed E-state index contributed by atoms with van der Waals surface area (Å²) in [4.78, 5) is 13.5. The number of methoxy groups -OCH3 is 1. The Hall–Kier alpha value is -0.610. The van der Waals surface area contributed by atoms with Gasteiger partial charge in [0.05, 0.1) is 13.0 Å². The van der Waals surface area contributed by atoms with Crippen molar-refractivity contribution in [3.05, 3.63) is 0 Å². The Bertz CT molecular complexity index is 216. The van der Waals surface area contributed by atoms with Gasteiger partial charge in [0, 0.05) is 32.2 Å². The number of nitrogens with one attached hydrogen (secondary N) is 1. The minimum absolute atomic E-state index is 0.240. The van der Waals surface area contributed by atoms with E-state index in [9.17, 15) is 4.79 Å². The lowest BCUT2D eigenvalue weighted by Crippen LogP contribution is -2.59. The SMILES string of the molecule is COCCC(=O)N1CC2(CCNC2)C1. The Kier molecular flexibility index (Phi) is 2.74. The van der Waals surface area contributed by atoms with E-state index >= 15 is 0 Å². The van der Waals surface area contributed by atoms with Gasteiger partial charge in [-0.15, -0.1) is 0 Å². The van der Waals surface area contributed by atoms with Gasteiger partial charge in [0.15, 0.2) is 0 Å². The van der Waals surface area contributed by atoms with Gasteiger partial charge < -0.3 is 15.0 Å². The molecule has 0 aromatic rings. The monoisotopic (exact) mass is 198 g/mol. The highest BCUT2D eigenvalue weighted by Crippen LogP contribution is 2.36. The van der Waals surface area contributed by atoms with E-state index in [4.69, 9.17) is 4.74 Å². The molecule has 0 aliphatic carbocycles. The molecule has 1 amide bonds. The lowest BCUT2D eigenvalue weighted by atomic mass is 9.79. The van der Waals surface area contributed by atoms with Crippen LogP contribution in [0.3, 0.4) is 0 Å². The smallest absolute Gasteiger partial charge is 0.224 e. The third-order valence-corrected chi connectivity index (χ3v) is 3.26. The molecule has 1 spiro atoms. The predicted octanol–water partition coefficient (Wildman–Crippen LogP) is -0.155. The Morgan fingerprint density at radius 1 is 1.57 bits per heavy atom. The van der Waals surface area contributed by atoms with Crippen LogP contribution in [0.4, 0.5) is 0 Å². The van der Waals surface area contributed by atoms with E-state index in [0.717, 1.165) is 26.2 Å². The fraction of sp³-hybridized carbons (Fsp3) is 0.900. The summed E-state index contributed by atoms with van der Waals surface area (Å²) >= 11 is 0. The van der Waals surface area contributed by atoms with Crippen molar-refractivity contribution in [1.82, 2.24) is 10.2 Å². The van der Waals surface area contributed by atoms with Crippen LogP contribution in [0, 0.1) is 5.41 Å². The molecule has 0 saturated carbocycles. The van der Waals surface area contributed by atoms with Gasteiger partial charge in [-0.3, -0.25) is 4.79 Å². The first-order chi connectivity index (χ1) is 6.76. The van der Waals surface area contributed by atoms with Gasteiger partial charge in [-0.05, 0) is 13.0 Å². The molecule has 1 N–H and O–H groups in total. The number of nitrogens with zero attached hydrogens (tertiary/aromatic N) is 1. The lowest BCUT2D eigenvalue weighted by Gasteiger charge is -2.47. The fourth-order valence-corrected chi connectivity index (χ4v) is 2.35. The summed E-state index contributed by atoms with van der Waals surface area (Å²) in [5.74, 6) is 0.240. The van der Waals surface area contributed by atoms with Crippen molar-refractivity contribution in [2.75, 3.05) is 39.9 Å². The fourth-order valence-electron chi connectivity index (χ4n) is 2.35. The van der Waals surface area contributed by atoms with Crippen molar-refractivity contribution in [1.29, 1.82) is 0 Å². The van der Waals surface area contributed by atoms with Crippen molar-refractivity contribution in [2.24, 2.45) is 5.41 Å². The summed E-state index contributed by atoms with van der Waals surface area (Å²) in [7, 11) is 1.63. The summed E-state index contributed by atoms with van der Waals surface area (Å²) in [6, 6.07) is 0. The van der Waals surface area contributed by atoms with E-state index in [-0.39, 0.29) is 5.91 Å². The predicted molar refractivity (Wildman–Crippen MR) is 53.0 cm³/mol. The van der Waals surface area contributed by atoms with Crippen LogP contribution in [0.2, 0.25) is 0 Å². The van der Waals surface area contributed by atoms with Gasteiger partial charge in [-0.25, -0.2) is 0 Å². The van der Waals surface area contributed by atoms with E-state index in [1.165, 1.54) is 6.42 Å². The van der Waals surface area contributed by atoms with Crippen LogP contribution in [0.15, 0.2) is 0 Å². The maximum Gasteiger partial charge on any atom is 0.224 e. The quantitative estimate of drug-likeness (QED) is 0.685. The average Bonchev–Trinajstić information content (AvgIpc) is 2.60. The molecule has 2 aliphatic rings. The molecule has 2 rings (SSSR count). The number of rotatable bonds is 3. The van der Waals surface area contributed by atoms with Gasteiger partial charge in [0.2, 0.25) is 5.91 Å². The maximum absolute atomic E-state index is 11.5. The molecule has 0 atom stereocenters. The molecular formula is C10H18N2O2. The van der Waals surface area contributed by atoms with Gasteiger partial charge in [0.25, 0.3) is 0 Å². The van der Waals surface area contributed by atoms with Gasteiger partial charge >= 0.3 is 0 Å². The zero-order chi connectivity index (χ0) is 10.0. The molecule has 0 aromatic heterocycles. The molecule has 4 heteroatoms. The molecule has 0 unspecified atom stereocenters. The van der Waals surface area contributed by atoms with Gasteiger partial charge in [-0.2, -0.15) is 0 Å². The third-order valence-electron chi connectivity index (χ3n) is 3.26. The van der Waals surface area contributed by atoms with Crippen LogP contribution in [0.25, 0.3) is 0 Å². The molecule has 0 bridgehead atoms. The Morgan fingerprint density at radius 3 is 2.93 bits per heavy atom. The average molecular weight is 198 g/mol. The highest BCUT2D eigenvalue weighted by atomic mass is 16.5. The van der Waals surface area contributed by atoms with Crippen LogP contribution in [0.5, 0.6) is 0 Å². The van der Waals surface area contributed by atoms with Crippen LogP contribution >= 0.6 is 0 Å². The number of likely N-dealkylation sites (tertiary alicyclic amines) is 1. The van der Waals surface area contributed by atoms with E-state index in [2.05, 4.69) is 5.32 Å². The minimum Gasteiger partial charge on any atom is -0.384 e. The normalized spacial score (nSPS) is 23.9. The van der Waals surface area contributed by atoms with Crippen molar-refractivity contribution in [3.8, 4) is 0 Å². The lowest BCUT2D eigenvalue weighted by molar-refractivity contribution is -0.143. The van der Waals surface area contributed by atoms with Gasteiger partial charge in [0.1, 0.15) is 0 Å². The molecular weight excluding hydrogens is 180 g/mol. The van der Waals surface area contributed by atoms with Crippen molar-refractivity contribution in [3.63, 3.8) is 0 Å². The van der Waals surface area contributed by atoms with Crippen LogP contribution < -0.4 is 5.32 Å². The second kappa shape index (κ2) is 3.87. The minimum atomic E-state index is 0.240. The summed E-state index contributed by atoms with van der Waals surface area (Å²) in [6.07, 6.45) is 1.75. The Balaban J connectivity index is 1.73. The summed E-state index contributed by atoms with van der Waals surface area (Å²) in [6.45, 7) is 4.63. The standard InChI is InChI=1S/C10H18N2O2/c1-14-5-2-9(13)12-7-10(8-12)3-4-11-6-10/h11H,2-8H2,1H3. The van der Waals surface area contributed by atoms with E-state index < -0.39 is 0 Å². The van der Waals surface area contributed by atoms with Crippen LogP contribution in [-0.4, -0.2) is 50.7 Å². The van der Waals surface area contributed by atoms with E-state index in [1.54, 1.807) is 7.11 Å². The number of carbonyl (C=O) groups excluding carboxylic acids is 1. The largest absolute Gasteiger partial charge is 0.384 e. The van der Waals surface area contributed by atoms with Crippen LogP contribution in [0.1, 0.15) is 12.8 Å². The molecule has 2 saturated heterocycles. The number of ether oxygens (including phenoxy) is 1. The third kappa shape index (κ3) is 1.77. The highest BCUT2D eigenvalue weighted by molar-refractivity contribution is 5.77. The number of hydrogen-bond acceptors (Lipinski definition) is 3. The maximum atomic E-state index is 11.5. The molecule has 2 fully saturated rings. The molecule has 14 heavy (non-hydrogen) atoms. The van der Waals surface area contributed by atoms with E-state index in [1.807, 2.05) is 4.90 Å². The number of carbonyl (C=O) groups is 1. The Morgan fingerprint density at radius 2 is 2.36 bits per heavy atom. The second-order valence-corrected chi connectivity index (χ2v) is 4.42. The first-order valence-corrected chi connectivity index (χ1v) is 5.23. The molecule has 80 valence electrons. The summed E-state index contributed by atoms with van der Waals surface area (Å²) in [5, 5.41) is 3.35. The zero-order valence-corrected chi connectivity index (χ0v) is 8.71. The summed E-state index contributed by atoms with van der Waals surface area (Å²) in [5.41, 5.74) is 0.419. The highest BCUT2D eigenvalue weighted by Gasteiger charge is 2.46. The molecule has 4 nitrogen and oxygen atoms in total. The van der Waals surface area contributed by atoms with Crippen molar-refractivity contribution < 1.29 is 9.53 Å². The zero-order valence-electron chi connectivity index (χ0n) is 8.71. The Labute approximate surface area is 84.6 Å². The first-order valence-electron chi connectivity index (χ1n) is 5.23. The first kappa shape index (κ1) is 9.93. The van der Waals surface area contributed by atoms with Crippen LogP contribution in [-0.2, 0) is 9.53 Å². The number of hydrogen-bond donors (Lipinski definition) is 1. The number of amides is 1. The van der Waals surface area contributed by atoms with Crippen molar-refractivity contribution in [2.45, 2.75) is 12.8 Å². The van der Waals surface area contributed by atoms with Crippen molar-refractivity contribution >= 4 is 5.91 Å². The van der Waals surface area contributed by atoms with E-state index in [0.29, 0.717) is 18.4 Å². The second-order valence-electron chi connectivity index (χ2n) is 4.42. The summed E-state index contributed by atoms with van der Waals surface area (Å²) < 4.78 is 4.89. The molecule has 2 aliphatic heterocycles. The molecule has 2 heterocycles. The molecule has 0 aromatic carbocycles. The molecule has 0 radical (unpaired) electrons.